The van der Waals surface area contributed by atoms with Gasteiger partial charge >= 0.3 is 0 Å². The summed E-state index contributed by atoms with van der Waals surface area (Å²) in [5, 5.41) is 6.84. The smallest absolute Gasteiger partial charge is 0.133 e. The van der Waals surface area contributed by atoms with Crippen molar-refractivity contribution in [3.63, 3.8) is 0 Å². The lowest BCUT2D eigenvalue weighted by Crippen LogP contribution is -2.10. The topological polar surface area (TPSA) is 49.8 Å². The van der Waals surface area contributed by atoms with Crippen LogP contribution in [-0.4, -0.2) is 22.6 Å². The van der Waals surface area contributed by atoms with Crippen LogP contribution in [0.3, 0.4) is 0 Å². The van der Waals surface area contributed by atoms with E-state index in [0.29, 0.717) is 6.04 Å². The molecule has 4 heteroatoms. The maximum Gasteiger partial charge on any atom is 0.133 e. The van der Waals surface area contributed by atoms with Crippen molar-refractivity contribution in [3.05, 3.63) is 11.9 Å². The van der Waals surface area contributed by atoms with Crippen LogP contribution in [0.4, 0.5) is 11.6 Å². The summed E-state index contributed by atoms with van der Waals surface area (Å²) in [6.45, 7) is 7.54. The predicted molar refractivity (Wildman–Crippen MR) is 76.0 cm³/mol. The Labute approximate surface area is 110 Å². The number of nitrogens with zero attached hydrogens (tertiary/aromatic N) is 2. The number of hydrogen-bond donors (Lipinski definition) is 2. The Morgan fingerprint density at radius 1 is 1.22 bits per heavy atom. The molecule has 0 aliphatic heterocycles. The molecular weight excluding hydrogens is 224 g/mol. The summed E-state index contributed by atoms with van der Waals surface area (Å²) in [6, 6.07) is 2.63. The van der Waals surface area contributed by atoms with Crippen molar-refractivity contribution >= 4 is 11.6 Å². The molecule has 1 aromatic heterocycles. The second kappa shape index (κ2) is 6.03. The molecule has 1 aliphatic rings. The van der Waals surface area contributed by atoms with Crippen molar-refractivity contribution in [2.24, 2.45) is 5.92 Å². The van der Waals surface area contributed by atoms with E-state index in [1.54, 1.807) is 0 Å². The Morgan fingerprint density at radius 3 is 2.56 bits per heavy atom. The first-order valence-electron chi connectivity index (χ1n) is 7.11. The van der Waals surface area contributed by atoms with Gasteiger partial charge in [0.05, 0.1) is 0 Å². The molecule has 18 heavy (non-hydrogen) atoms. The van der Waals surface area contributed by atoms with Crippen LogP contribution in [-0.2, 0) is 6.42 Å². The quantitative estimate of drug-likeness (QED) is 0.778. The highest BCUT2D eigenvalue weighted by Crippen LogP contribution is 2.32. The Kier molecular flexibility index (Phi) is 4.39. The van der Waals surface area contributed by atoms with Crippen LogP contribution in [0.5, 0.6) is 0 Å². The van der Waals surface area contributed by atoms with E-state index in [1.807, 2.05) is 6.07 Å². The Balaban J connectivity index is 2.08. The van der Waals surface area contributed by atoms with Gasteiger partial charge in [-0.1, -0.05) is 20.8 Å². The van der Waals surface area contributed by atoms with Gasteiger partial charge in [-0.2, -0.15) is 0 Å². The summed E-state index contributed by atoms with van der Waals surface area (Å²) in [4.78, 5) is 9.13. The average molecular weight is 248 g/mol. The molecular formula is C14H24N4. The van der Waals surface area contributed by atoms with E-state index in [0.717, 1.165) is 49.2 Å². The summed E-state index contributed by atoms with van der Waals surface area (Å²) in [5.74, 6) is 3.64. The van der Waals surface area contributed by atoms with E-state index in [-0.39, 0.29) is 0 Å². The summed E-state index contributed by atoms with van der Waals surface area (Å²) in [7, 11) is 0. The van der Waals surface area contributed by atoms with Crippen molar-refractivity contribution < 1.29 is 0 Å². The van der Waals surface area contributed by atoms with Crippen LogP contribution in [0.15, 0.2) is 6.07 Å². The molecule has 0 aromatic carbocycles. The van der Waals surface area contributed by atoms with E-state index >= 15 is 0 Å². The molecule has 2 atom stereocenters. The van der Waals surface area contributed by atoms with Crippen LogP contribution in [0.25, 0.3) is 0 Å². The normalized spacial score (nSPS) is 21.7. The third kappa shape index (κ3) is 3.59. The van der Waals surface area contributed by atoms with Crippen molar-refractivity contribution in [3.8, 4) is 0 Å². The summed E-state index contributed by atoms with van der Waals surface area (Å²) in [5.41, 5.74) is 0. The van der Waals surface area contributed by atoms with E-state index < -0.39 is 0 Å². The largest absolute Gasteiger partial charge is 0.370 e. The van der Waals surface area contributed by atoms with E-state index in [9.17, 15) is 0 Å². The molecule has 0 radical (unpaired) electrons. The van der Waals surface area contributed by atoms with E-state index in [1.165, 1.54) is 6.42 Å². The molecule has 1 aliphatic carbocycles. The lowest BCUT2D eigenvalue weighted by molar-refractivity contribution is 0.828. The van der Waals surface area contributed by atoms with Crippen LogP contribution >= 0.6 is 0 Å². The number of anilines is 2. The van der Waals surface area contributed by atoms with Gasteiger partial charge in [0.15, 0.2) is 0 Å². The van der Waals surface area contributed by atoms with Crippen LogP contribution in [0.2, 0.25) is 0 Å². The van der Waals surface area contributed by atoms with Crippen LogP contribution in [0.1, 0.15) is 45.9 Å². The van der Waals surface area contributed by atoms with Gasteiger partial charge in [0, 0.05) is 25.1 Å². The standard InChI is InChI=1S/C14H24N4/c1-4-6-12-17-13(15-7-5-2)9-14(18-12)16-11-8-10(11)3/h9-11H,4-8H2,1-3H3,(H2,15,16,17,18). The molecule has 1 aromatic rings. The second-order valence-corrected chi connectivity index (χ2v) is 5.20. The van der Waals surface area contributed by atoms with Gasteiger partial charge in [-0.05, 0) is 25.2 Å². The first-order valence-corrected chi connectivity index (χ1v) is 7.11. The summed E-state index contributed by atoms with van der Waals surface area (Å²) in [6.07, 6.45) is 4.38. The molecule has 2 rings (SSSR count). The van der Waals surface area contributed by atoms with Crippen LogP contribution < -0.4 is 10.6 Å². The highest BCUT2D eigenvalue weighted by molar-refractivity contribution is 5.49. The third-order valence-corrected chi connectivity index (χ3v) is 3.24. The van der Waals surface area contributed by atoms with Gasteiger partial charge in [0.25, 0.3) is 0 Å². The minimum Gasteiger partial charge on any atom is -0.370 e. The van der Waals surface area contributed by atoms with Gasteiger partial charge in [0.2, 0.25) is 0 Å². The SMILES string of the molecule is CCCNc1cc(NC2CC2C)nc(CCC)n1. The Hall–Kier alpha value is -1.32. The number of rotatable bonds is 7. The minimum absolute atomic E-state index is 0.605. The summed E-state index contributed by atoms with van der Waals surface area (Å²) >= 11 is 0. The molecule has 0 saturated heterocycles. The zero-order valence-electron chi connectivity index (χ0n) is 11.7. The van der Waals surface area contributed by atoms with Gasteiger partial charge < -0.3 is 10.6 Å². The van der Waals surface area contributed by atoms with Crippen LogP contribution in [0, 0.1) is 5.92 Å². The number of hydrogen-bond acceptors (Lipinski definition) is 4. The monoisotopic (exact) mass is 248 g/mol. The maximum atomic E-state index is 4.58. The van der Waals surface area contributed by atoms with Crippen molar-refractivity contribution in [2.45, 2.75) is 52.5 Å². The van der Waals surface area contributed by atoms with Crippen molar-refractivity contribution in [1.29, 1.82) is 0 Å². The molecule has 1 fully saturated rings. The van der Waals surface area contributed by atoms with Gasteiger partial charge in [-0.15, -0.1) is 0 Å². The predicted octanol–water partition coefficient (Wildman–Crippen LogP) is 3.07. The molecule has 2 N–H and O–H groups in total. The minimum atomic E-state index is 0.605. The number of aromatic nitrogens is 2. The molecule has 100 valence electrons. The lowest BCUT2D eigenvalue weighted by atomic mass is 10.3. The van der Waals surface area contributed by atoms with E-state index in [2.05, 4.69) is 41.4 Å². The van der Waals surface area contributed by atoms with Crippen molar-refractivity contribution in [2.75, 3.05) is 17.2 Å². The lowest BCUT2D eigenvalue weighted by Gasteiger charge is -2.10. The Morgan fingerprint density at radius 2 is 1.94 bits per heavy atom. The average Bonchev–Trinajstić information content (AvgIpc) is 3.02. The first kappa shape index (κ1) is 13.1. The zero-order valence-corrected chi connectivity index (χ0v) is 11.7. The Bertz CT molecular complexity index is 391. The molecule has 1 saturated carbocycles. The molecule has 1 heterocycles. The maximum absolute atomic E-state index is 4.58. The fourth-order valence-corrected chi connectivity index (χ4v) is 1.96. The fraction of sp³-hybridized carbons (Fsp3) is 0.714. The molecule has 2 unspecified atom stereocenters. The third-order valence-electron chi connectivity index (χ3n) is 3.24. The van der Waals surface area contributed by atoms with E-state index in [4.69, 9.17) is 0 Å². The molecule has 4 nitrogen and oxygen atoms in total. The highest BCUT2D eigenvalue weighted by atomic mass is 15.1. The first-order chi connectivity index (χ1) is 8.72. The zero-order chi connectivity index (χ0) is 13.0. The molecule has 0 bridgehead atoms. The van der Waals surface area contributed by atoms with Gasteiger partial charge in [-0.25, -0.2) is 9.97 Å². The number of nitrogens with one attached hydrogen (secondary N) is 2. The molecule has 0 amide bonds. The highest BCUT2D eigenvalue weighted by Gasteiger charge is 2.32. The van der Waals surface area contributed by atoms with Gasteiger partial charge in [0.1, 0.15) is 17.5 Å². The second-order valence-electron chi connectivity index (χ2n) is 5.20. The molecule has 0 spiro atoms. The van der Waals surface area contributed by atoms with Gasteiger partial charge in [-0.3, -0.25) is 0 Å². The number of aryl methyl sites for hydroxylation is 1. The fourth-order valence-electron chi connectivity index (χ4n) is 1.96. The van der Waals surface area contributed by atoms with Crippen molar-refractivity contribution in [1.82, 2.24) is 9.97 Å². The summed E-state index contributed by atoms with van der Waals surface area (Å²) < 4.78 is 0.